The van der Waals surface area contributed by atoms with Crippen molar-refractivity contribution in [1.29, 1.82) is 0 Å². The molecule has 102 valence electrons. The van der Waals surface area contributed by atoms with Crippen molar-refractivity contribution in [2.75, 3.05) is 19.6 Å². The smallest absolute Gasteiger partial charge is 0.0244 e. The molecular weight excluding hydrogens is 208 g/mol. The topological polar surface area (TPSA) is 29.3 Å². The first-order valence-corrected chi connectivity index (χ1v) is 7.34. The highest BCUT2D eigenvalue weighted by Crippen LogP contribution is 2.35. The van der Waals surface area contributed by atoms with E-state index in [1.54, 1.807) is 0 Å². The van der Waals surface area contributed by atoms with Crippen LogP contribution in [0.3, 0.4) is 0 Å². The van der Waals surface area contributed by atoms with Crippen molar-refractivity contribution < 1.29 is 0 Å². The number of hydrogen-bond donors (Lipinski definition) is 1. The van der Waals surface area contributed by atoms with E-state index in [9.17, 15) is 0 Å². The molecule has 17 heavy (non-hydrogen) atoms. The fourth-order valence-electron chi connectivity index (χ4n) is 3.18. The van der Waals surface area contributed by atoms with Gasteiger partial charge in [-0.3, -0.25) is 4.90 Å². The van der Waals surface area contributed by atoms with Gasteiger partial charge in [0.2, 0.25) is 0 Å². The molecule has 0 radical (unpaired) electrons. The Hall–Kier alpha value is -0.0800. The number of nitrogens with zero attached hydrogens (tertiary/aromatic N) is 1. The van der Waals surface area contributed by atoms with Crippen LogP contribution in [0.25, 0.3) is 0 Å². The SMILES string of the molecule is CCCC(C)C(CN)N1CCC(C(C)(C)C)C1. The Bertz CT molecular complexity index is 219. The molecule has 0 aliphatic carbocycles. The second kappa shape index (κ2) is 6.19. The standard InChI is InChI=1S/C15H32N2/c1-6-7-12(2)14(10-16)17-9-8-13(11-17)15(3,4)5/h12-14H,6-11,16H2,1-5H3. The minimum absolute atomic E-state index is 0.446. The van der Waals surface area contributed by atoms with E-state index in [0.29, 0.717) is 11.5 Å². The summed E-state index contributed by atoms with van der Waals surface area (Å²) < 4.78 is 0. The Kier molecular flexibility index (Phi) is 5.46. The summed E-state index contributed by atoms with van der Waals surface area (Å²) >= 11 is 0. The molecule has 1 aliphatic rings. The van der Waals surface area contributed by atoms with Crippen LogP contribution in [-0.4, -0.2) is 30.6 Å². The minimum Gasteiger partial charge on any atom is -0.329 e. The molecule has 1 aliphatic heterocycles. The third-order valence-corrected chi connectivity index (χ3v) is 4.56. The van der Waals surface area contributed by atoms with Crippen molar-refractivity contribution in [2.45, 2.75) is 59.9 Å². The fourth-order valence-corrected chi connectivity index (χ4v) is 3.18. The Balaban J connectivity index is 2.55. The van der Waals surface area contributed by atoms with Gasteiger partial charge < -0.3 is 5.73 Å². The fraction of sp³-hybridized carbons (Fsp3) is 1.00. The summed E-state index contributed by atoms with van der Waals surface area (Å²) in [7, 11) is 0. The maximum absolute atomic E-state index is 6.00. The van der Waals surface area contributed by atoms with Gasteiger partial charge in [-0.1, -0.05) is 41.0 Å². The first-order chi connectivity index (χ1) is 7.90. The maximum Gasteiger partial charge on any atom is 0.0244 e. The molecule has 1 saturated heterocycles. The maximum atomic E-state index is 6.00. The van der Waals surface area contributed by atoms with Gasteiger partial charge in [0.15, 0.2) is 0 Å². The van der Waals surface area contributed by atoms with Gasteiger partial charge in [0.1, 0.15) is 0 Å². The van der Waals surface area contributed by atoms with Crippen molar-refractivity contribution >= 4 is 0 Å². The Morgan fingerprint density at radius 3 is 2.41 bits per heavy atom. The summed E-state index contributed by atoms with van der Waals surface area (Å²) in [4.78, 5) is 2.65. The van der Waals surface area contributed by atoms with Crippen molar-refractivity contribution in [3.8, 4) is 0 Å². The molecule has 1 heterocycles. The first kappa shape index (κ1) is 15.0. The predicted octanol–water partition coefficient (Wildman–Crippen LogP) is 3.12. The first-order valence-electron chi connectivity index (χ1n) is 7.34. The zero-order valence-electron chi connectivity index (χ0n) is 12.5. The molecule has 2 heteroatoms. The van der Waals surface area contributed by atoms with E-state index in [1.165, 1.54) is 32.4 Å². The molecule has 1 fully saturated rings. The molecule has 3 unspecified atom stereocenters. The third-order valence-electron chi connectivity index (χ3n) is 4.56. The largest absolute Gasteiger partial charge is 0.329 e. The molecule has 3 atom stereocenters. The van der Waals surface area contributed by atoms with Gasteiger partial charge in [-0.05, 0) is 36.6 Å². The van der Waals surface area contributed by atoms with E-state index in [1.807, 2.05) is 0 Å². The average Bonchev–Trinajstić information content (AvgIpc) is 2.68. The normalized spacial score (nSPS) is 26.1. The summed E-state index contributed by atoms with van der Waals surface area (Å²) in [6.45, 7) is 15.1. The van der Waals surface area contributed by atoms with Gasteiger partial charge >= 0.3 is 0 Å². The third kappa shape index (κ3) is 3.96. The quantitative estimate of drug-likeness (QED) is 0.800. The second-order valence-electron chi connectivity index (χ2n) is 6.92. The Morgan fingerprint density at radius 2 is 2.00 bits per heavy atom. The highest BCUT2D eigenvalue weighted by molar-refractivity contribution is 4.89. The molecule has 2 N–H and O–H groups in total. The summed E-state index contributed by atoms with van der Waals surface area (Å²) in [6, 6.07) is 0.599. The van der Waals surface area contributed by atoms with E-state index in [-0.39, 0.29) is 0 Å². The van der Waals surface area contributed by atoms with Crippen LogP contribution in [0.15, 0.2) is 0 Å². The summed E-state index contributed by atoms with van der Waals surface area (Å²) in [5, 5.41) is 0. The molecule has 0 saturated carbocycles. The van der Waals surface area contributed by atoms with Crippen molar-refractivity contribution in [3.63, 3.8) is 0 Å². The van der Waals surface area contributed by atoms with E-state index >= 15 is 0 Å². The van der Waals surface area contributed by atoms with Gasteiger partial charge in [0.25, 0.3) is 0 Å². The molecule has 0 aromatic heterocycles. The van der Waals surface area contributed by atoms with E-state index < -0.39 is 0 Å². The van der Waals surface area contributed by atoms with Crippen LogP contribution in [0, 0.1) is 17.3 Å². The zero-order chi connectivity index (χ0) is 13.1. The molecule has 0 bridgehead atoms. The second-order valence-corrected chi connectivity index (χ2v) is 6.92. The Labute approximate surface area is 108 Å². The van der Waals surface area contributed by atoms with Crippen LogP contribution >= 0.6 is 0 Å². The monoisotopic (exact) mass is 240 g/mol. The molecular formula is C15H32N2. The van der Waals surface area contributed by atoms with Gasteiger partial charge in [-0.25, -0.2) is 0 Å². The number of likely N-dealkylation sites (tertiary alicyclic amines) is 1. The van der Waals surface area contributed by atoms with E-state index in [0.717, 1.165) is 18.4 Å². The van der Waals surface area contributed by atoms with Crippen LogP contribution in [0.5, 0.6) is 0 Å². The highest BCUT2D eigenvalue weighted by Gasteiger charge is 2.35. The Morgan fingerprint density at radius 1 is 1.35 bits per heavy atom. The zero-order valence-corrected chi connectivity index (χ0v) is 12.5. The number of nitrogens with two attached hydrogens (primary N) is 1. The summed E-state index contributed by atoms with van der Waals surface area (Å²) in [5.74, 6) is 1.58. The molecule has 0 amide bonds. The van der Waals surface area contributed by atoms with E-state index in [2.05, 4.69) is 39.5 Å². The lowest BCUT2D eigenvalue weighted by Gasteiger charge is -2.33. The van der Waals surface area contributed by atoms with Gasteiger partial charge in [0.05, 0.1) is 0 Å². The van der Waals surface area contributed by atoms with Crippen LogP contribution in [0.2, 0.25) is 0 Å². The summed E-state index contributed by atoms with van der Waals surface area (Å²) in [6.07, 6.45) is 3.92. The molecule has 0 aromatic carbocycles. The van der Waals surface area contributed by atoms with Crippen LogP contribution in [-0.2, 0) is 0 Å². The van der Waals surface area contributed by atoms with Gasteiger partial charge in [0, 0.05) is 19.1 Å². The number of rotatable bonds is 5. The molecule has 1 rings (SSSR count). The van der Waals surface area contributed by atoms with Gasteiger partial charge in [-0.15, -0.1) is 0 Å². The lowest BCUT2D eigenvalue weighted by atomic mass is 9.80. The molecule has 0 aromatic rings. The minimum atomic E-state index is 0.446. The molecule has 2 nitrogen and oxygen atoms in total. The lowest BCUT2D eigenvalue weighted by molar-refractivity contribution is 0.156. The highest BCUT2D eigenvalue weighted by atomic mass is 15.2. The van der Waals surface area contributed by atoms with Crippen LogP contribution in [0.1, 0.15) is 53.9 Å². The van der Waals surface area contributed by atoms with Crippen LogP contribution in [0.4, 0.5) is 0 Å². The van der Waals surface area contributed by atoms with Gasteiger partial charge in [-0.2, -0.15) is 0 Å². The summed E-state index contributed by atoms with van der Waals surface area (Å²) in [5.41, 5.74) is 6.44. The molecule has 0 spiro atoms. The van der Waals surface area contributed by atoms with Crippen molar-refractivity contribution in [2.24, 2.45) is 23.0 Å². The van der Waals surface area contributed by atoms with Crippen LogP contribution < -0.4 is 5.73 Å². The van der Waals surface area contributed by atoms with Crippen molar-refractivity contribution in [1.82, 2.24) is 4.90 Å². The van der Waals surface area contributed by atoms with Crippen molar-refractivity contribution in [3.05, 3.63) is 0 Å². The number of hydrogen-bond acceptors (Lipinski definition) is 2. The lowest BCUT2D eigenvalue weighted by Crippen LogP contribution is -2.44. The van der Waals surface area contributed by atoms with E-state index in [4.69, 9.17) is 5.73 Å². The predicted molar refractivity (Wildman–Crippen MR) is 76.0 cm³/mol. The average molecular weight is 240 g/mol.